The van der Waals surface area contributed by atoms with Crippen LogP contribution in [0.5, 0.6) is 0 Å². The van der Waals surface area contributed by atoms with E-state index in [1.165, 1.54) is 0 Å². The van der Waals surface area contributed by atoms with Crippen LogP contribution >= 0.6 is 0 Å². The van der Waals surface area contributed by atoms with Crippen LogP contribution in [0.3, 0.4) is 0 Å². The zero-order valence-corrected chi connectivity index (χ0v) is 9.94. The molecule has 0 aliphatic heterocycles. The zero-order valence-electron chi connectivity index (χ0n) is 9.94. The highest BCUT2D eigenvalue weighted by atomic mass is 15.2. The van der Waals surface area contributed by atoms with E-state index in [0.29, 0.717) is 17.9 Å². The lowest BCUT2D eigenvalue weighted by Gasteiger charge is -2.25. The van der Waals surface area contributed by atoms with E-state index in [9.17, 15) is 0 Å². The largest absolute Gasteiger partial charge is 0.350 e. The minimum absolute atomic E-state index is 0.377. The topological polar surface area (TPSA) is 41.0 Å². The van der Waals surface area contributed by atoms with Crippen LogP contribution < -0.4 is 5.32 Å². The Morgan fingerprint density at radius 2 is 1.87 bits per heavy atom. The van der Waals surface area contributed by atoms with Gasteiger partial charge in [-0.15, -0.1) is 0 Å². The Bertz CT molecular complexity index is 271. The molecule has 0 bridgehead atoms. The number of nitrogens with one attached hydrogen (secondary N) is 1. The molecule has 0 fully saturated rings. The highest BCUT2D eigenvalue weighted by Gasteiger charge is 2.14. The molecule has 4 nitrogen and oxygen atoms in total. The number of hydrogen-bond donors (Lipinski definition) is 1. The van der Waals surface area contributed by atoms with E-state index >= 15 is 0 Å². The Labute approximate surface area is 91.7 Å². The molecule has 4 heteroatoms. The summed E-state index contributed by atoms with van der Waals surface area (Å²) in [6, 6.07) is 2.20. The SMILES string of the molecule is CC(C)C(CN(C)C)Nc1ncccn1. The fraction of sp³-hybridized carbons (Fsp3) is 0.636. The van der Waals surface area contributed by atoms with Gasteiger partial charge in [-0.3, -0.25) is 0 Å². The molecule has 1 heterocycles. The van der Waals surface area contributed by atoms with Gasteiger partial charge in [-0.1, -0.05) is 13.8 Å². The second-order valence-corrected chi connectivity index (χ2v) is 4.33. The molecule has 0 aromatic carbocycles. The molecule has 1 atom stereocenters. The smallest absolute Gasteiger partial charge is 0.222 e. The van der Waals surface area contributed by atoms with Gasteiger partial charge < -0.3 is 10.2 Å². The lowest BCUT2D eigenvalue weighted by atomic mass is 10.0. The van der Waals surface area contributed by atoms with Gasteiger partial charge in [0.15, 0.2) is 0 Å². The van der Waals surface area contributed by atoms with Gasteiger partial charge in [0.1, 0.15) is 0 Å². The number of rotatable bonds is 5. The number of aromatic nitrogens is 2. The molecule has 0 saturated carbocycles. The first kappa shape index (κ1) is 11.9. The summed E-state index contributed by atoms with van der Waals surface area (Å²) >= 11 is 0. The summed E-state index contributed by atoms with van der Waals surface area (Å²) in [4.78, 5) is 10.5. The maximum absolute atomic E-state index is 4.17. The normalized spacial score (nSPS) is 13.2. The van der Waals surface area contributed by atoms with E-state index in [-0.39, 0.29) is 0 Å². The summed E-state index contributed by atoms with van der Waals surface area (Å²) in [7, 11) is 4.14. The van der Waals surface area contributed by atoms with E-state index in [2.05, 4.69) is 48.1 Å². The molecular weight excluding hydrogens is 188 g/mol. The Morgan fingerprint density at radius 3 is 2.33 bits per heavy atom. The first-order valence-electron chi connectivity index (χ1n) is 5.28. The van der Waals surface area contributed by atoms with Crippen LogP contribution in [-0.4, -0.2) is 41.5 Å². The van der Waals surface area contributed by atoms with Crippen molar-refractivity contribution in [3.63, 3.8) is 0 Å². The molecule has 0 radical (unpaired) electrons. The van der Waals surface area contributed by atoms with Crippen molar-refractivity contribution in [2.24, 2.45) is 5.92 Å². The van der Waals surface area contributed by atoms with Gasteiger partial charge >= 0.3 is 0 Å². The third-order valence-electron chi connectivity index (χ3n) is 2.25. The van der Waals surface area contributed by atoms with Crippen LogP contribution in [-0.2, 0) is 0 Å². The average molecular weight is 208 g/mol. The summed E-state index contributed by atoms with van der Waals surface area (Å²) in [5, 5.41) is 3.35. The molecular formula is C11H20N4. The Hall–Kier alpha value is -1.16. The summed E-state index contributed by atoms with van der Waals surface area (Å²) < 4.78 is 0. The number of likely N-dealkylation sites (N-methyl/N-ethyl adjacent to an activating group) is 1. The highest BCUT2D eigenvalue weighted by Crippen LogP contribution is 2.08. The van der Waals surface area contributed by atoms with Crippen molar-refractivity contribution >= 4 is 5.95 Å². The molecule has 1 unspecified atom stereocenters. The molecule has 0 aliphatic rings. The van der Waals surface area contributed by atoms with Gasteiger partial charge in [-0.2, -0.15) is 0 Å². The van der Waals surface area contributed by atoms with Crippen molar-refractivity contribution in [1.82, 2.24) is 14.9 Å². The van der Waals surface area contributed by atoms with E-state index in [4.69, 9.17) is 0 Å². The van der Waals surface area contributed by atoms with Crippen LogP contribution in [0.25, 0.3) is 0 Å². The fourth-order valence-electron chi connectivity index (χ4n) is 1.36. The second kappa shape index (κ2) is 5.66. The van der Waals surface area contributed by atoms with Crippen molar-refractivity contribution in [1.29, 1.82) is 0 Å². The van der Waals surface area contributed by atoms with Gasteiger partial charge in [0.05, 0.1) is 0 Å². The van der Waals surface area contributed by atoms with Gasteiger partial charge in [0.2, 0.25) is 5.95 Å². The third-order valence-corrected chi connectivity index (χ3v) is 2.25. The molecule has 0 amide bonds. The van der Waals surface area contributed by atoms with E-state index < -0.39 is 0 Å². The van der Waals surface area contributed by atoms with Gasteiger partial charge in [0, 0.05) is 25.0 Å². The molecule has 15 heavy (non-hydrogen) atoms. The molecule has 0 saturated heterocycles. The summed E-state index contributed by atoms with van der Waals surface area (Å²) in [5.41, 5.74) is 0. The minimum atomic E-state index is 0.377. The van der Waals surface area contributed by atoms with Crippen LogP contribution in [0.15, 0.2) is 18.5 Å². The van der Waals surface area contributed by atoms with Crippen molar-refractivity contribution in [3.8, 4) is 0 Å². The van der Waals surface area contributed by atoms with Gasteiger partial charge in [-0.05, 0) is 26.1 Å². The summed E-state index contributed by atoms with van der Waals surface area (Å²) in [6.45, 7) is 5.38. The Balaban J connectivity index is 2.59. The average Bonchev–Trinajstić information content (AvgIpc) is 2.17. The Kier molecular flexibility index (Phi) is 4.49. The van der Waals surface area contributed by atoms with E-state index in [1.54, 1.807) is 12.4 Å². The Morgan fingerprint density at radius 1 is 1.27 bits per heavy atom. The number of anilines is 1. The quantitative estimate of drug-likeness (QED) is 0.795. The first-order chi connectivity index (χ1) is 7.09. The van der Waals surface area contributed by atoms with Crippen molar-refractivity contribution in [2.45, 2.75) is 19.9 Å². The standard InChI is InChI=1S/C11H20N4/c1-9(2)10(8-15(3)4)14-11-12-6-5-7-13-11/h5-7,9-10H,8H2,1-4H3,(H,12,13,14). The van der Waals surface area contributed by atoms with Crippen molar-refractivity contribution < 1.29 is 0 Å². The van der Waals surface area contributed by atoms with Crippen LogP contribution in [0.1, 0.15) is 13.8 Å². The van der Waals surface area contributed by atoms with Crippen LogP contribution in [0.2, 0.25) is 0 Å². The molecule has 1 aromatic heterocycles. The highest BCUT2D eigenvalue weighted by molar-refractivity contribution is 5.24. The van der Waals surface area contributed by atoms with Gasteiger partial charge in [0.25, 0.3) is 0 Å². The monoisotopic (exact) mass is 208 g/mol. The third kappa shape index (κ3) is 4.25. The van der Waals surface area contributed by atoms with Crippen molar-refractivity contribution in [2.75, 3.05) is 26.0 Å². The van der Waals surface area contributed by atoms with E-state index in [1.807, 2.05) is 6.07 Å². The second-order valence-electron chi connectivity index (χ2n) is 4.33. The maximum atomic E-state index is 4.17. The molecule has 1 aromatic rings. The summed E-state index contributed by atoms with van der Waals surface area (Å²) in [5.74, 6) is 1.26. The lowest BCUT2D eigenvalue weighted by molar-refractivity contribution is 0.343. The van der Waals surface area contributed by atoms with E-state index in [0.717, 1.165) is 6.54 Å². The lowest BCUT2D eigenvalue weighted by Crippen LogP contribution is -2.36. The zero-order chi connectivity index (χ0) is 11.3. The predicted molar refractivity (Wildman–Crippen MR) is 62.8 cm³/mol. The number of nitrogens with zero attached hydrogens (tertiary/aromatic N) is 3. The van der Waals surface area contributed by atoms with Crippen LogP contribution in [0, 0.1) is 5.92 Å². The predicted octanol–water partition coefficient (Wildman–Crippen LogP) is 1.47. The molecule has 0 aliphatic carbocycles. The molecule has 1 rings (SSSR count). The van der Waals surface area contributed by atoms with Crippen LogP contribution in [0.4, 0.5) is 5.95 Å². The molecule has 84 valence electrons. The first-order valence-corrected chi connectivity index (χ1v) is 5.28. The number of hydrogen-bond acceptors (Lipinski definition) is 4. The fourth-order valence-corrected chi connectivity index (χ4v) is 1.36. The molecule has 0 spiro atoms. The molecule has 1 N–H and O–H groups in total. The van der Waals surface area contributed by atoms with Crippen molar-refractivity contribution in [3.05, 3.63) is 18.5 Å². The summed E-state index contributed by atoms with van der Waals surface area (Å²) in [6.07, 6.45) is 3.50. The minimum Gasteiger partial charge on any atom is -0.350 e. The van der Waals surface area contributed by atoms with Gasteiger partial charge in [-0.25, -0.2) is 9.97 Å². The maximum Gasteiger partial charge on any atom is 0.222 e.